The minimum absolute atomic E-state index is 0.0830. The lowest BCUT2D eigenvalue weighted by Crippen LogP contribution is -2.13. The third-order valence-electron chi connectivity index (χ3n) is 1.88. The van der Waals surface area contributed by atoms with Crippen molar-refractivity contribution in [1.82, 2.24) is 0 Å². The third kappa shape index (κ3) is 1.94. The molecule has 2 N–H and O–H groups in total. The molecule has 76 valence electrons. The van der Waals surface area contributed by atoms with Gasteiger partial charge in [-0.2, -0.15) is 5.26 Å². The average Bonchev–Trinajstić information content (AvgIpc) is 2.26. The number of ether oxygens (including phenoxy) is 1. The van der Waals surface area contributed by atoms with Gasteiger partial charge in [0.05, 0.1) is 24.3 Å². The number of rotatable bonds is 3. The number of methoxy groups -OCH3 is 1. The summed E-state index contributed by atoms with van der Waals surface area (Å²) in [6.45, 7) is 0. The molecule has 0 unspecified atom stereocenters. The Morgan fingerprint density at radius 2 is 2.27 bits per heavy atom. The van der Waals surface area contributed by atoms with E-state index in [-0.39, 0.29) is 22.4 Å². The summed E-state index contributed by atoms with van der Waals surface area (Å²) in [5.74, 6) is -0.524. The van der Waals surface area contributed by atoms with E-state index in [4.69, 9.17) is 15.7 Å². The van der Waals surface area contributed by atoms with E-state index in [1.807, 2.05) is 0 Å². The largest absolute Gasteiger partial charge is 0.496 e. The maximum atomic E-state index is 11.0. The molecule has 1 aromatic carbocycles. The number of hydrogen-bond acceptors (Lipinski definition) is 4. The first-order chi connectivity index (χ1) is 7.13. The number of nitriles is 1. The summed E-state index contributed by atoms with van der Waals surface area (Å²) in [5, 5.41) is 8.72. The second kappa shape index (κ2) is 4.24. The highest BCUT2D eigenvalue weighted by Gasteiger charge is 2.13. The first-order valence-corrected chi connectivity index (χ1v) is 4.01. The fourth-order valence-electron chi connectivity index (χ4n) is 1.15. The molecular weight excluding hydrogens is 196 g/mol. The van der Waals surface area contributed by atoms with Gasteiger partial charge in [0.2, 0.25) is 0 Å². The Morgan fingerprint density at radius 1 is 1.60 bits per heavy atom. The Hall–Kier alpha value is -2.35. The van der Waals surface area contributed by atoms with Crippen LogP contribution in [0.4, 0.5) is 0 Å². The van der Waals surface area contributed by atoms with Crippen LogP contribution < -0.4 is 10.5 Å². The summed E-state index contributed by atoms with van der Waals surface area (Å²) in [7, 11) is 1.35. The molecule has 0 fully saturated rings. The second-order valence-electron chi connectivity index (χ2n) is 2.73. The molecule has 0 saturated heterocycles. The molecule has 0 heterocycles. The predicted octanol–water partition coefficient (Wildman–Crippen LogP) is 0.478. The van der Waals surface area contributed by atoms with Crippen LogP contribution in [-0.2, 0) is 0 Å². The molecule has 0 aliphatic carbocycles. The Morgan fingerprint density at radius 3 is 2.67 bits per heavy atom. The number of primary amides is 1. The van der Waals surface area contributed by atoms with Gasteiger partial charge in [-0.3, -0.25) is 9.59 Å². The van der Waals surface area contributed by atoms with E-state index in [1.54, 1.807) is 6.07 Å². The lowest BCUT2D eigenvalue weighted by molar-refractivity contribution is 0.0996. The van der Waals surface area contributed by atoms with Crippen LogP contribution in [0.5, 0.6) is 5.75 Å². The molecule has 0 bridgehead atoms. The summed E-state index contributed by atoms with van der Waals surface area (Å²) >= 11 is 0. The van der Waals surface area contributed by atoms with Crippen molar-refractivity contribution in [1.29, 1.82) is 5.26 Å². The zero-order chi connectivity index (χ0) is 11.4. The number of nitrogens with two attached hydrogens (primary N) is 1. The molecule has 0 aromatic heterocycles. The molecule has 1 aromatic rings. The van der Waals surface area contributed by atoms with Crippen LogP contribution in [0.2, 0.25) is 0 Å². The lowest BCUT2D eigenvalue weighted by Gasteiger charge is -2.06. The Labute approximate surface area is 86.1 Å². The van der Waals surface area contributed by atoms with E-state index >= 15 is 0 Å². The molecule has 5 heteroatoms. The number of carbonyl (C=O) groups excluding carboxylic acids is 2. The first-order valence-electron chi connectivity index (χ1n) is 4.01. The highest BCUT2D eigenvalue weighted by molar-refractivity contribution is 5.97. The van der Waals surface area contributed by atoms with Gasteiger partial charge in [-0.15, -0.1) is 0 Å². The summed E-state index contributed by atoms with van der Waals surface area (Å²) in [6, 6.07) is 4.35. The summed E-state index contributed by atoms with van der Waals surface area (Å²) < 4.78 is 4.88. The van der Waals surface area contributed by atoms with Gasteiger partial charge in [0.15, 0.2) is 6.29 Å². The van der Waals surface area contributed by atoms with Crippen LogP contribution in [0.15, 0.2) is 12.1 Å². The molecule has 0 aliphatic heterocycles. The van der Waals surface area contributed by atoms with Crippen molar-refractivity contribution in [3.8, 4) is 11.8 Å². The Balaban J connectivity index is 3.49. The minimum atomic E-state index is -0.708. The molecular formula is C10H8N2O3. The average molecular weight is 204 g/mol. The van der Waals surface area contributed by atoms with Gasteiger partial charge < -0.3 is 10.5 Å². The number of aldehydes is 1. The SMILES string of the molecule is COc1cc(C=O)c(C#N)cc1C(N)=O. The van der Waals surface area contributed by atoms with E-state index in [1.165, 1.54) is 19.2 Å². The van der Waals surface area contributed by atoms with Crippen molar-refractivity contribution in [2.45, 2.75) is 0 Å². The van der Waals surface area contributed by atoms with E-state index in [0.717, 1.165) is 0 Å². The van der Waals surface area contributed by atoms with Crippen LogP contribution >= 0.6 is 0 Å². The normalized spacial score (nSPS) is 9.07. The van der Waals surface area contributed by atoms with E-state index < -0.39 is 5.91 Å². The van der Waals surface area contributed by atoms with Gasteiger partial charge in [-0.25, -0.2) is 0 Å². The fourth-order valence-corrected chi connectivity index (χ4v) is 1.15. The predicted molar refractivity (Wildman–Crippen MR) is 51.6 cm³/mol. The van der Waals surface area contributed by atoms with Crippen LogP contribution in [0.25, 0.3) is 0 Å². The van der Waals surface area contributed by atoms with Crippen molar-refractivity contribution in [3.05, 3.63) is 28.8 Å². The fraction of sp³-hybridized carbons (Fsp3) is 0.100. The standard InChI is InChI=1S/C10H8N2O3/c1-15-9-3-7(5-13)6(4-11)2-8(9)10(12)14/h2-3,5H,1H3,(H2,12,14). The lowest BCUT2D eigenvalue weighted by atomic mass is 10.0. The smallest absolute Gasteiger partial charge is 0.252 e. The number of nitrogens with zero attached hydrogens (tertiary/aromatic N) is 1. The van der Waals surface area contributed by atoms with Crippen molar-refractivity contribution in [2.24, 2.45) is 5.73 Å². The summed E-state index contributed by atoms with van der Waals surface area (Å²) in [5.41, 5.74) is 5.43. The first kappa shape index (κ1) is 10.7. The van der Waals surface area contributed by atoms with Gasteiger partial charge in [0.25, 0.3) is 5.91 Å². The van der Waals surface area contributed by atoms with Crippen LogP contribution in [0.1, 0.15) is 26.3 Å². The summed E-state index contributed by atoms with van der Waals surface area (Å²) in [4.78, 5) is 21.6. The van der Waals surface area contributed by atoms with Crippen LogP contribution in [0.3, 0.4) is 0 Å². The monoisotopic (exact) mass is 204 g/mol. The molecule has 0 atom stereocenters. The molecule has 1 amide bonds. The van der Waals surface area contributed by atoms with Crippen LogP contribution in [-0.4, -0.2) is 19.3 Å². The van der Waals surface area contributed by atoms with E-state index in [9.17, 15) is 9.59 Å². The van der Waals surface area contributed by atoms with Gasteiger partial charge >= 0.3 is 0 Å². The number of amides is 1. The Kier molecular flexibility index (Phi) is 3.03. The molecule has 15 heavy (non-hydrogen) atoms. The van der Waals surface area contributed by atoms with Gasteiger partial charge in [0, 0.05) is 5.56 Å². The quantitative estimate of drug-likeness (QED) is 0.724. The van der Waals surface area contributed by atoms with Gasteiger partial charge in [-0.05, 0) is 12.1 Å². The van der Waals surface area contributed by atoms with Crippen molar-refractivity contribution < 1.29 is 14.3 Å². The topological polar surface area (TPSA) is 93.2 Å². The highest BCUT2D eigenvalue weighted by atomic mass is 16.5. The molecule has 5 nitrogen and oxygen atoms in total. The summed E-state index contributed by atoms with van der Waals surface area (Å²) in [6.07, 6.45) is 0.520. The van der Waals surface area contributed by atoms with Gasteiger partial charge in [-0.1, -0.05) is 0 Å². The van der Waals surface area contributed by atoms with E-state index in [2.05, 4.69) is 0 Å². The maximum absolute atomic E-state index is 11.0. The minimum Gasteiger partial charge on any atom is -0.496 e. The maximum Gasteiger partial charge on any atom is 0.252 e. The third-order valence-corrected chi connectivity index (χ3v) is 1.88. The second-order valence-corrected chi connectivity index (χ2v) is 2.73. The molecule has 0 radical (unpaired) electrons. The number of hydrogen-bond donors (Lipinski definition) is 1. The van der Waals surface area contributed by atoms with Crippen molar-refractivity contribution in [3.63, 3.8) is 0 Å². The van der Waals surface area contributed by atoms with Crippen molar-refractivity contribution >= 4 is 12.2 Å². The molecule has 0 aliphatic rings. The van der Waals surface area contributed by atoms with E-state index in [0.29, 0.717) is 6.29 Å². The van der Waals surface area contributed by atoms with Crippen LogP contribution in [0, 0.1) is 11.3 Å². The molecule has 0 spiro atoms. The Bertz CT molecular complexity index is 460. The molecule has 1 rings (SSSR count). The number of carbonyl (C=O) groups is 2. The zero-order valence-electron chi connectivity index (χ0n) is 7.98. The van der Waals surface area contributed by atoms with Crippen molar-refractivity contribution in [2.75, 3.05) is 7.11 Å². The number of benzene rings is 1. The van der Waals surface area contributed by atoms with Gasteiger partial charge in [0.1, 0.15) is 5.75 Å². The zero-order valence-corrected chi connectivity index (χ0v) is 7.98. The molecule has 0 saturated carbocycles. The highest BCUT2D eigenvalue weighted by Crippen LogP contribution is 2.22.